The van der Waals surface area contributed by atoms with Gasteiger partial charge in [0, 0.05) is 29.1 Å². The molecule has 1 amide bonds. The highest BCUT2D eigenvalue weighted by Crippen LogP contribution is 2.22. The Kier molecular flexibility index (Phi) is 5.32. The van der Waals surface area contributed by atoms with Crippen molar-refractivity contribution in [2.24, 2.45) is 11.0 Å². The molecule has 0 aromatic heterocycles. The molecule has 0 radical (unpaired) electrons. The van der Waals surface area contributed by atoms with Gasteiger partial charge in [-0.25, -0.2) is 13.8 Å². The normalized spacial score (nSPS) is 19.8. The van der Waals surface area contributed by atoms with E-state index in [1.54, 1.807) is 0 Å². The minimum atomic E-state index is -3.02. The van der Waals surface area contributed by atoms with Gasteiger partial charge in [-0.2, -0.15) is 5.10 Å². The van der Waals surface area contributed by atoms with Crippen LogP contribution in [-0.4, -0.2) is 37.0 Å². The number of halogens is 1. The van der Waals surface area contributed by atoms with E-state index in [0.29, 0.717) is 12.0 Å². The zero-order valence-electron chi connectivity index (χ0n) is 11.9. The number of hydrogen-bond acceptors (Lipinski definition) is 6. The van der Waals surface area contributed by atoms with Crippen molar-refractivity contribution >= 4 is 39.2 Å². The van der Waals surface area contributed by atoms with Gasteiger partial charge < -0.3 is 0 Å². The van der Waals surface area contributed by atoms with Crippen molar-refractivity contribution in [1.29, 1.82) is 0 Å². The first kappa shape index (κ1) is 17.4. The predicted octanol–water partition coefficient (Wildman–Crippen LogP) is 1.52. The van der Waals surface area contributed by atoms with Gasteiger partial charge in [0.05, 0.1) is 22.6 Å². The Bertz CT molecular complexity index is 763. The number of carbonyl (C=O) groups is 1. The number of nitro groups is 1. The molecule has 23 heavy (non-hydrogen) atoms. The Labute approximate surface area is 137 Å². The number of non-ortho nitro benzene ring substituents is 1. The van der Waals surface area contributed by atoms with Crippen molar-refractivity contribution in [3.05, 3.63) is 38.9 Å². The van der Waals surface area contributed by atoms with Crippen LogP contribution >= 0.6 is 11.6 Å². The third kappa shape index (κ3) is 5.00. The quantitative estimate of drug-likeness (QED) is 0.485. The number of carbonyl (C=O) groups excluding carboxylic acids is 1. The summed E-state index contributed by atoms with van der Waals surface area (Å²) < 4.78 is 22.6. The maximum absolute atomic E-state index is 11.7. The van der Waals surface area contributed by atoms with Crippen molar-refractivity contribution in [3.8, 4) is 0 Å². The van der Waals surface area contributed by atoms with Crippen LogP contribution in [0.1, 0.15) is 18.4 Å². The number of nitro benzene ring substituents is 1. The SMILES string of the molecule is O=C(C[C@H]1CCS(=O)(=O)C1)N/N=C\c1cc([N+](=O)[O-])ccc1Cl. The summed E-state index contributed by atoms with van der Waals surface area (Å²) in [6.07, 6.45) is 1.74. The summed E-state index contributed by atoms with van der Waals surface area (Å²) in [7, 11) is -3.02. The third-order valence-electron chi connectivity index (χ3n) is 3.38. The van der Waals surface area contributed by atoms with Crippen LogP contribution in [0.3, 0.4) is 0 Å². The van der Waals surface area contributed by atoms with E-state index in [-0.39, 0.29) is 34.6 Å². The van der Waals surface area contributed by atoms with Crippen molar-refractivity contribution < 1.29 is 18.1 Å². The highest BCUT2D eigenvalue weighted by Gasteiger charge is 2.29. The van der Waals surface area contributed by atoms with E-state index in [2.05, 4.69) is 10.5 Å². The molecule has 0 unspecified atom stereocenters. The molecule has 124 valence electrons. The van der Waals surface area contributed by atoms with E-state index in [9.17, 15) is 23.3 Å². The van der Waals surface area contributed by atoms with Gasteiger partial charge in [0.1, 0.15) is 0 Å². The predicted molar refractivity (Wildman–Crippen MR) is 85.2 cm³/mol. The second-order valence-corrected chi connectivity index (χ2v) is 7.87. The number of amides is 1. The molecule has 1 atom stereocenters. The molecule has 10 heteroatoms. The fourth-order valence-corrected chi connectivity index (χ4v) is 4.29. The number of benzene rings is 1. The Balaban J connectivity index is 1.92. The number of hydrazone groups is 1. The maximum Gasteiger partial charge on any atom is 0.270 e. The summed E-state index contributed by atoms with van der Waals surface area (Å²) in [6, 6.07) is 3.87. The molecule has 1 aromatic rings. The maximum atomic E-state index is 11.7. The minimum absolute atomic E-state index is 0.0147. The number of nitrogens with one attached hydrogen (secondary N) is 1. The van der Waals surface area contributed by atoms with E-state index in [1.807, 2.05) is 0 Å². The van der Waals surface area contributed by atoms with Crippen LogP contribution in [0.4, 0.5) is 5.69 Å². The van der Waals surface area contributed by atoms with Crippen LogP contribution in [-0.2, 0) is 14.6 Å². The van der Waals surface area contributed by atoms with Crippen molar-refractivity contribution in [3.63, 3.8) is 0 Å². The Morgan fingerprint density at radius 3 is 2.87 bits per heavy atom. The Morgan fingerprint density at radius 2 is 2.26 bits per heavy atom. The monoisotopic (exact) mass is 359 g/mol. The lowest BCUT2D eigenvalue weighted by molar-refractivity contribution is -0.384. The molecule has 1 N–H and O–H groups in total. The van der Waals surface area contributed by atoms with Crippen LogP contribution in [0.25, 0.3) is 0 Å². The number of hydrogen-bond donors (Lipinski definition) is 1. The van der Waals surface area contributed by atoms with Crippen LogP contribution < -0.4 is 5.43 Å². The third-order valence-corrected chi connectivity index (χ3v) is 5.57. The molecule has 0 aliphatic carbocycles. The summed E-state index contributed by atoms with van der Waals surface area (Å²) in [4.78, 5) is 21.8. The van der Waals surface area contributed by atoms with Crippen LogP contribution in [0.15, 0.2) is 23.3 Å². The average Bonchev–Trinajstić information content (AvgIpc) is 2.79. The molecule has 0 spiro atoms. The van der Waals surface area contributed by atoms with Gasteiger partial charge in [-0.15, -0.1) is 0 Å². The molecule has 2 rings (SSSR count). The second-order valence-electron chi connectivity index (χ2n) is 5.23. The van der Waals surface area contributed by atoms with Gasteiger partial charge in [0.15, 0.2) is 9.84 Å². The molecule has 1 heterocycles. The summed E-state index contributed by atoms with van der Waals surface area (Å²) >= 11 is 5.89. The smallest absolute Gasteiger partial charge is 0.270 e. The van der Waals surface area contributed by atoms with E-state index in [1.165, 1.54) is 24.4 Å². The summed E-state index contributed by atoms with van der Waals surface area (Å²) in [5.41, 5.74) is 2.42. The molecular weight excluding hydrogens is 346 g/mol. The molecular formula is C13H14ClN3O5S. The van der Waals surface area contributed by atoms with Crippen molar-refractivity contribution in [1.82, 2.24) is 5.43 Å². The van der Waals surface area contributed by atoms with E-state index in [4.69, 9.17) is 11.6 Å². The lowest BCUT2D eigenvalue weighted by Gasteiger charge is -2.05. The highest BCUT2D eigenvalue weighted by atomic mass is 35.5. The fraction of sp³-hybridized carbons (Fsp3) is 0.385. The van der Waals surface area contributed by atoms with Gasteiger partial charge in [-0.05, 0) is 18.4 Å². The van der Waals surface area contributed by atoms with Crippen LogP contribution in [0.5, 0.6) is 0 Å². The van der Waals surface area contributed by atoms with Crippen molar-refractivity contribution in [2.45, 2.75) is 12.8 Å². The zero-order valence-corrected chi connectivity index (χ0v) is 13.5. The Hall–Kier alpha value is -2.00. The summed E-state index contributed by atoms with van der Waals surface area (Å²) in [5.74, 6) is -0.486. The van der Waals surface area contributed by atoms with Crippen LogP contribution in [0, 0.1) is 16.0 Å². The topological polar surface area (TPSA) is 119 Å². The largest absolute Gasteiger partial charge is 0.273 e. The van der Waals surface area contributed by atoms with Gasteiger partial charge in [0.2, 0.25) is 5.91 Å². The highest BCUT2D eigenvalue weighted by molar-refractivity contribution is 7.91. The molecule has 1 aliphatic rings. The van der Waals surface area contributed by atoms with Gasteiger partial charge in [-0.1, -0.05) is 11.6 Å². The first-order valence-corrected chi connectivity index (χ1v) is 8.93. The molecule has 1 fully saturated rings. The number of nitrogens with zero attached hydrogens (tertiary/aromatic N) is 2. The van der Waals surface area contributed by atoms with Gasteiger partial charge in [0.25, 0.3) is 5.69 Å². The van der Waals surface area contributed by atoms with E-state index in [0.717, 1.165) is 0 Å². The number of rotatable bonds is 5. The first-order chi connectivity index (χ1) is 10.8. The lowest BCUT2D eigenvalue weighted by atomic mass is 10.1. The van der Waals surface area contributed by atoms with E-state index >= 15 is 0 Å². The molecule has 0 saturated carbocycles. The average molecular weight is 360 g/mol. The minimum Gasteiger partial charge on any atom is -0.273 e. The molecule has 8 nitrogen and oxygen atoms in total. The molecule has 1 aromatic carbocycles. The van der Waals surface area contributed by atoms with E-state index < -0.39 is 20.7 Å². The zero-order chi connectivity index (χ0) is 17.0. The lowest BCUT2D eigenvalue weighted by Crippen LogP contribution is -2.21. The van der Waals surface area contributed by atoms with Crippen LogP contribution in [0.2, 0.25) is 5.02 Å². The van der Waals surface area contributed by atoms with Crippen molar-refractivity contribution in [2.75, 3.05) is 11.5 Å². The fourth-order valence-electron chi connectivity index (χ4n) is 2.26. The first-order valence-electron chi connectivity index (χ1n) is 6.73. The van der Waals surface area contributed by atoms with Gasteiger partial charge >= 0.3 is 0 Å². The number of sulfone groups is 1. The molecule has 1 aliphatic heterocycles. The molecule has 1 saturated heterocycles. The Morgan fingerprint density at radius 1 is 1.52 bits per heavy atom. The molecule has 0 bridgehead atoms. The second kappa shape index (κ2) is 7.05. The summed E-state index contributed by atoms with van der Waals surface area (Å²) in [6.45, 7) is 0. The summed E-state index contributed by atoms with van der Waals surface area (Å²) in [5, 5.41) is 14.7. The van der Waals surface area contributed by atoms with Gasteiger partial charge in [-0.3, -0.25) is 14.9 Å². The standard InChI is InChI=1S/C13H14ClN3O5S/c14-12-2-1-11(17(19)20)6-10(12)7-15-16-13(18)5-9-3-4-23(21,22)8-9/h1-2,6-7,9H,3-5,8H2,(H,16,18)/b15-7-/t9-/m1/s1.